The van der Waals surface area contributed by atoms with Gasteiger partial charge in [-0.25, -0.2) is 0 Å². The van der Waals surface area contributed by atoms with E-state index in [1.807, 2.05) is 6.07 Å². The minimum atomic E-state index is -0.815. The Morgan fingerprint density at radius 3 is 2.81 bits per heavy atom. The van der Waals surface area contributed by atoms with Crippen LogP contribution in [0.3, 0.4) is 0 Å². The van der Waals surface area contributed by atoms with E-state index in [0.717, 1.165) is 10.4 Å². The number of aromatic nitrogens is 2. The summed E-state index contributed by atoms with van der Waals surface area (Å²) >= 11 is 1.52. The fourth-order valence-corrected chi connectivity index (χ4v) is 4.62. The first-order chi connectivity index (χ1) is 14.7. The summed E-state index contributed by atoms with van der Waals surface area (Å²) in [6.45, 7) is 5.13. The van der Waals surface area contributed by atoms with Crippen molar-refractivity contribution in [2.45, 2.75) is 45.3 Å². The molecule has 8 nitrogen and oxygen atoms in total. The van der Waals surface area contributed by atoms with Gasteiger partial charge in [0.2, 0.25) is 0 Å². The van der Waals surface area contributed by atoms with Crippen LogP contribution in [0.5, 0.6) is 5.75 Å². The third-order valence-corrected chi connectivity index (χ3v) is 6.04. The summed E-state index contributed by atoms with van der Waals surface area (Å²) < 4.78 is 6.72. The van der Waals surface area contributed by atoms with Gasteiger partial charge in [0.1, 0.15) is 23.5 Å². The van der Waals surface area contributed by atoms with Crippen LogP contribution in [0.15, 0.2) is 34.7 Å². The van der Waals surface area contributed by atoms with Gasteiger partial charge in [0, 0.05) is 28.9 Å². The third-order valence-electron chi connectivity index (χ3n) is 5.10. The number of aromatic hydroxyl groups is 1. The van der Waals surface area contributed by atoms with Crippen LogP contribution in [0.2, 0.25) is 0 Å². The highest BCUT2D eigenvalue weighted by atomic mass is 32.1. The van der Waals surface area contributed by atoms with Crippen molar-refractivity contribution in [1.82, 2.24) is 14.9 Å². The highest BCUT2D eigenvalue weighted by Crippen LogP contribution is 2.36. The summed E-state index contributed by atoms with van der Waals surface area (Å²) in [5.41, 5.74) is 1.65. The second-order valence-corrected chi connectivity index (χ2v) is 9.44. The molecule has 1 aliphatic rings. The lowest BCUT2D eigenvalue weighted by Gasteiger charge is -2.27. The summed E-state index contributed by atoms with van der Waals surface area (Å²) in [5, 5.41) is 13.6. The summed E-state index contributed by atoms with van der Waals surface area (Å²) in [4.78, 5) is 43.2. The van der Waals surface area contributed by atoms with Gasteiger partial charge in [-0.05, 0) is 38.8 Å². The Labute approximate surface area is 182 Å². The van der Waals surface area contributed by atoms with Crippen LogP contribution in [0.1, 0.15) is 47.5 Å². The molecule has 162 valence electrons. The summed E-state index contributed by atoms with van der Waals surface area (Å²) in [5.74, 6) is -1.78. The predicted molar refractivity (Wildman–Crippen MR) is 117 cm³/mol. The molecule has 0 fully saturated rings. The molecular formula is C22H23N3O5S. The summed E-state index contributed by atoms with van der Waals surface area (Å²) in [6, 6.07) is 5.40. The number of hydrogen-bond donors (Lipinski definition) is 2. The molecule has 0 bridgehead atoms. The van der Waals surface area contributed by atoms with E-state index in [4.69, 9.17) is 4.74 Å². The predicted octanol–water partition coefficient (Wildman–Crippen LogP) is 2.58. The summed E-state index contributed by atoms with van der Waals surface area (Å²) in [7, 11) is 0. The lowest BCUT2D eigenvalue weighted by atomic mass is 9.91. The first-order valence-corrected chi connectivity index (χ1v) is 10.8. The Bertz CT molecular complexity index is 1220. The molecule has 3 aromatic rings. The maximum atomic E-state index is 13.3. The number of amides is 1. The molecule has 1 unspecified atom stereocenters. The van der Waals surface area contributed by atoms with E-state index in [0.29, 0.717) is 23.9 Å². The minimum absolute atomic E-state index is 0.0468. The zero-order valence-electron chi connectivity index (χ0n) is 17.5. The zero-order chi connectivity index (χ0) is 22.3. The van der Waals surface area contributed by atoms with Gasteiger partial charge in [-0.2, -0.15) is 0 Å². The first kappa shape index (κ1) is 21.0. The van der Waals surface area contributed by atoms with Crippen LogP contribution in [-0.2, 0) is 22.5 Å². The molecule has 9 heteroatoms. The Kier molecular flexibility index (Phi) is 5.30. The van der Waals surface area contributed by atoms with Crippen molar-refractivity contribution < 1.29 is 19.4 Å². The molecule has 0 aliphatic carbocycles. The second kappa shape index (κ2) is 7.81. The highest BCUT2D eigenvalue weighted by molar-refractivity contribution is 7.09. The van der Waals surface area contributed by atoms with Crippen molar-refractivity contribution in [1.29, 1.82) is 0 Å². The Balaban J connectivity index is 1.71. The number of esters is 1. The number of para-hydroxylation sites is 1. The largest absolute Gasteiger partial charge is 0.506 e. The van der Waals surface area contributed by atoms with Gasteiger partial charge in [-0.1, -0.05) is 12.1 Å². The van der Waals surface area contributed by atoms with E-state index in [1.165, 1.54) is 11.3 Å². The number of hydrogen-bond acceptors (Lipinski definition) is 7. The van der Waals surface area contributed by atoms with Gasteiger partial charge in [-0.15, -0.1) is 11.3 Å². The number of thiazole rings is 1. The zero-order valence-corrected chi connectivity index (χ0v) is 18.3. The quantitative estimate of drug-likeness (QED) is 0.602. The van der Waals surface area contributed by atoms with Crippen LogP contribution >= 0.6 is 11.3 Å². The van der Waals surface area contributed by atoms with E-state index in [9.17, 15) is 19.5 Å². The molecule has 0 spiro atoms. The average molecular weight is 442 g/mol. The lowest BCUT2D eigenvalue weighted by Crippen LogP contribution is -2.39. The molecule has 1 amide bonds. The molecule has 2 N–H and O–H groups in total. The van der Waals surface area contributed by atoms with Gasteiger partial charge in [0.05, 0.1) is 11.0 Å². The number of rotatable bonds is 4. The molecule has 31 heavy (non-hydrogen) atoms. The van der Waals surface area contributed by atoms with Gasteiger partial charge in [-0.3, -0.25) is 19.4 Å². The molecule has 0 radical (unpaired) electrons. The molecule has 0 saturated carbocycles. The number of carbonyl (C=O) groups is 2. The van der Waals surface area contributed by atoms with Crippen LogP contribution in [0, 0.1) is 0 Å². The van der Waals surface area contributed by atoms with Crippen molar-refractivity contribution in [3.63, 3.8) is 0 Å². The van der Waals surface area contributed by atoms with Crippen LogP contribution in [-0.4, -0.2) is 38.7 Å². The number of benzene rings is 1. The molecule has 1 atom stereocenters. The number of pyridine rings is 1. The minimum Gasteiger partial charge on any atom is -0.506 e. The molecule has 0 saturated heterocycles. The maximum absolute atomic E-state index is 13.3. The van der Waals surface area contributed by atoms with E-state index in [2.05, 4.69) is 10.3 Å². The first-order valence-electron chi connectivity index (χ1n) is 9.91. The number of nitrogens with zero attached hydrogens (tertiary/aromatic N) is 2. The van der Waals surface area contributed by atoms with Gasteiger partial charge in [0.15, 0.2) is 0 Å². The lowest BCUT2D eigenvalue weighted by molar-refractivity contribution is -0.153. The highest BCUT2D eigenvalue weighted by Gasteiger charge is 2.29. The number of ether oxygens (including phenoxy) is 1. The van der Waals surface area contributed by atoms with Crippen LogP contribution < -0.4 is 10.9 Å². The van der Waals surface area contributed by atoms with E-state index < -0.39 is 29.6 Å². The molecular weight excluding hydrogens is 418 g/mol. The van der Waals surface area contributed by atoms with Crippen molar-refractivity contribution in [3.8, 4) is 5.75 Å². The van der Waals surface area contributed by atoms with Gasteiger partial charge in [0.25, 0.3) is 11.5 Å². The maximum Gasteiger partial charge on any atom is 0.325 e. The molecule has 1 aromatic carbocycles. The van der Waals surface area contributed by atoms with E-state index in [-0.39, 0.29) is 17.2 Å². The molecule has 4 rings (SSSR count). The second-order valence-electron chi connectivity index (χ2n) is 8.53. The standard InChI is InChI=1S/C22H23N3O5S/c1-22(2,3)30-16(26)9-24-20(28)17-19(27)14-6-4-5-12-7-13(15-8-23-11-31-15)10-25(18(12)14)21(17)29/h4-6,8,11,13,27H,7,9-10H2,1-3H3,(H,24,28). The number of nitrogens with one attached hydrogen (secondary N) is 1. The van der Waals surface area contributed by atoms with Crippen molar-refractivity contribution in [2.24, 2.45) is 0 Å². The van der Waals surface area contributed by atoms with Crippen LogP contribution in [0.25, 0.3) is 10.9 Å². The Hall–Kier alpha value is -3.20. The Morgan fingerprint density at radius 2 is 2.13 bits per heavy atom. The van der Waals surface area contributed by atoms with Crippen molar-refractivity contribution in [3.05, 3.63) is 56.3 Å². The van der Waals surface area contributed by atoms with Gasteiger partial charge < -0.3 is 19.7 Å². The SMILES string of the molecule is CC(C)(C)OC(=O)CNC(=O)c1c(O)c2cccc3c2n(c1=O)CC(c1cncs1)C3. The summed E-state index contributed by atoms with van der Waals surface area (Å²) in [6.07, 6.45) is 2.50. The van der Waals surface area contributed by atoms with E-state index in [1.54, 1.807) is 49.2 Å². The van der Waals surface area contributed by atoms with Crippen LogP contribution in [0.4, 0.5) is 0 Å². The van der Waals surface area contributed by atoms with Crippen molar-refractivity contribution in [2.75, 3.05) is 6.54 Å². The Morgan fingerprint density at radius 1 is 1.35 bits per heavy atom. The fourth-order valence-electron chi connectivity index (χ4n) is 3.90. The normalized spacial score (nSPS) is 15.6. The monoisotopic (exact) mass is 441 g/mol. The van der Waals surface area contributed by atoms with Crippen molar-refractivity contribution >= 4 is 34.1 Å². The topological polar surface area (TPSA) is 111 Å². The molecule has 1 aliphatic heterocycles. The third kappa shape index (κ3) is 4.05. The molecule has 2 aromatic heterocycles. The average Bonchev–Trinajstić information content (AvgIpc) is 3.23. The van der Waals surface area contributed by atoms with Gasteiger partial charge >= 0.3 is 5.97 Å². The fraction of sp³-hybridized carbons (Fsp3) is 0.364. The number of carbonyl (C=O) groups excluding carboxylic acids is 2. The molecule has 3 heterocycles. The van der Waals surface area contributed by atoms with E-state index >= 15 is 0 Å². The smallest absolute Gasteiger partial charge is 0.325 e.